The monoisotopic (exact) mass is 387 g/mol. The first-order chi connectivity index (χ1) is 13.0. The van der Waals surface area contributed by atoms with Gasteiger partial charge in [0.1, 0.15) is 5.75 Å². The fourth-order valence-corrected chi connectivity index (χ4v) is 3.73. The van der Waals surface area contributed by atoms with Crippen molar-refractivity contribution in [3.8, 4) is 5.75 Å². The lowest BCUT2D eigenvalue weighted by atomic mass is 9.84. The van der Waals surface area contributed by atoms with Crippen LogP contribution in [0.5, 0.6) is 5.75 Å². The second kappa shape index (κ2) is 8.87. The van der Waals surface area contributed by atoms with E-state index in [4.69, 9.17) is 16.3 Å². The van der Waals surface area contributed by atoms with Gasteiger partial charge < -0.3 is 14.7 Å². The Morgan fingerprint density at radius 3 is 2.56 bits per heavy atom. The second-order valence-corrected chi connectivity index (χ2v) is 7.58. The summed E-state index contributed by atoms with van der Waals surface area (Å²) in [7, 11) is 1.60. The Kier molecular flexibility index (Phi) is 6.53. The number of methoxy groups -OCH3 is 1. The van der Waals surface area contributed by atoms with Crippen LogP contribution in [0.3, 0.4) is 0 Å². The summed E-state index contributed by atoms with van der Waals surface area (Å²) in [6.07, 6.45) is 2.72. The Balaban J connectivity index is 1.45. The molecule has 2 aromatic rings. The quantitative estimate of drug-likeness (QED) is 0.720. The van der Waals surface area contributed by atoms with Crippen molar-refractivity contribution in [3.63, 3.8) is 0 Å². The highest BCUT2D eigenvalue weighted by Gasteiger charge is 2.33. The van der Waals surface area contributed by atoms with Crippen LogP contribution < -0.4 is 4.74 Å². The maximum atomic E-state index is 12.3. The molecule has 1 fully saturated rings. The molecule has 0 bridgehead atoms. The van der Waals surface area contributed by atoms with E-state index in [9.17, 15) is 9.90 Å². The summed E-state index contributed by atoms with van der Waals surface area (Å²) < 4.78 is 5.18. The minimum absolute atomic E-state index is 0.142. The van der Waals surface area contributed by atoms with E-state index in [1.54, 1.807) is 13.2 Å². The van der Waals surface area contributed by atoms with Crippen LogP contribution in [0.2, 0.25) is 5.02 Å². The number of carbonyl (C=O) groups excluding carboxylic acids is 1. The molecule has 0 radical (unpaired) electrons. The van der Waals surface area contributed by atoms with Crippen molar-refractivity contribution in [2.24, 2.45) is 0 Å². The van der Waals surface area contributed by atoms with Crippen LogP contribution in [0.25, 0.3) is 0 Å². The Bertz CT molecular complexity index is 767. The third kappa shape index (κ3) is 5.10. The van der Waals surface area contributed by atoms with Crippen LogP contribution in [0.1, 0.15) is 41.6 Å². The molecule has 1 heterocycles. The Morgan fingerprint density at radius 1 is 1.19 bits per heavy atom. The van der Waals surface area contributed by atoms with Gasteiger partial charge in [0.2, 0.25) is 0 Å². The number of likely N-dealkylation sites (tertiary alicyclic amines) is 1. The zero-order valence-corrected chi connectivity index (χ0v) is 16.4. The molecule has 0 atom stereocenters. The van der Waals surface area contributed by atoms with Gasteiger partial charge >= 0.3 is 0 Å². The molecule has 27 heavy (non-hydrogen) atoms. The molecule has 1 aliphatic heterocycles. The summed E-state index contributed by atoms with van der Waals surface area (Å²) in [5.41, 5.74) is 0.849. The lowest BCUT2D eigenvalue weighted by Crippen LogP contribution is -2.42. The van der Waals surface area contributed by atoms with E-state index in [0.29, 0.717) is 35.6 Å². The number of hydrogen-bond acceptors (Lipinski definition) is 4. The topological polar surface area (TPSA) is 49.8 Å². The molecule has 0 unspecified atom stereocenters. The van der Waals surface area contributed by atoms with Crippen molar-refractivity contribution >= 4 is 17.4 Å². The van der Waals surface area contributed by atoms with Crippen LogP contribution in [-0.2, 0) is 5.60 Å². The van der Waals surface area contributed by atoms with Gasteiger partial charge in [0.25, 0.3) is 0 Å². The minimum atomic E-state index is -0.780. The highest BCUT2D eigenvalue weighted by atomic mass is 35.5. The molecule has 0 spiro atoms. The van der Waals surface area contributed by atoms with Crippen molar-refractivity contribution < 1.29 is 14.6 Å². The Morgan fingerprint density at radius 2 is 1.89 bits per heavy atom. The lowest BCUT2D eigenvalue weighted by Gasteiger charge is -2.38. The molecule has 2 aromatic carbocycles. The van der Waals surface area contributed by atoms with Gasteiger partial charge in [-0.05, 0) is 55.6 Å². The van der Waals surface area contributed by atoms with Gasteiger partial charge in [0.05, 0.1) is 12.7 Å². The first-order valence-electron chi connectivity index (χ1n) is 9.38. The number of ether oxygens (including phenoxy) is 1. The van der Waals surface area contributed by atoms with Crippen molar-refractivity contribution in [3.05, 3.63) is 64.7 Å². The molecular formula is C22H26ClNO3. The van der Waals surface area contributed by atoms with Gasteiger partial charge in [0, 0.05) is 30.1 Å². The molecular weight excluding hydrogens is 362 g/mol. The number of hydrogen-bond donors (Lipinski definition) is 1. The summed E-state index contributed by atoms with van der Waals surface area (Å²) in [6.45, 7) is 2.52. The van der Waals surface area contributed by atoms with Crippen LogP contribution in [0.4, 0.5) is 0 Å². The SMILES string of the molecule is COc1cccc(C(=O)CCCN2CCC(O)(c3ccc(Cl)cc3)CC2)c1. The van der Waals surface area contributed by atoms with E-state index >= 15 is 0 Å². The number of halogens is 1. The maximum absolute atomic E-state index is 12.3. The van der Waals surface area contributed by atoms with E-state index in [2.05, 4.69) is 4.90 Å². The molecule has 0 amide bonds. The van der Waals surface area contributed by atoms with E-state index in [-0.39, 0.29) is 5.78 Å². The normalized spacial score (nSPS) is 16.9. The second-order valence-electron chi connectivity index (χ2n) is 7.14. The maximum Gasteiger partial charge on any atom is 0.163 e. The summed E-state index contributed by atoms with van der Waals surface area (Å²) in [4.78, 5) is 14.7. The van der Waals surface area contributed by atoms with Gasteiger partial charge in [-0.3, -0.25) is 4.79 Å². The molecule has 5 heteroatoms. The molecule has 4 nitrogen and oxygen atoms in total. The predicted octanol–water partition coefficient (Wildman–Crippen LogP) is 4.30. The Hall–Kier alpha value is -1.88. The summed E-state index contributed by atoms with van der Waals surface area (Å²) in [6, 6.07) is 14.8. The lowest BCUT2D eigenvalue weighted by molar-refractivity contribution is -0.0260. The molecule has 0 aromatic heterocycles. The number of rotatable bonds is 7. The average Bonchev–Trinajstić information content (AvgIpc) is 2.70. The van der Waals surface area contributed by atoms with Crippen LogP contribution in [0.15, 0.2) is 48.5 Å². The molecule has 0 saturated carbocycles. The van der Waals surface area contributed by atoms with E-state index in [1.807, 2.05) is 42.5 Å². The summed E-state index contributed by atoms with van der Waals surface area (Å²) >= 11 is 5.94. The van der Waals surface area contributed by atoms with E-state index in [0.717, 1.165) is 31.6 Å². The number of ketones is 1. The van der Waals surface area contributed by atoms with Gasteiger partial charge in [-0.2, -0.15) is 0 Å². The number of benzene rings is 2. The molecule has 3 rings (SSSR count). The van der Waals surface area contributed by atoms with Crippen LogP contribution in [-0.4, -0.2) is 42.5 Å². The molecule has 1 N–H and O–H groups in total. The fourth-order valence-electron chi connectivity index (χ4n) is 3.60. The summed E-state index contributed by atoms with van der Waals surface area (Å²) in [5.74, 6) is 0.849. The largest absolute Gasteiger partial charge is 0.497 e. The van der Waals surface area contributed by atoms with E-state index < -0.39 is 5.60 Å². The molecule has 1 saturated heterocycles. The zero-order valence-electron chi connectivity index (χ0n) is 15.7. The van der Waals surface area contributed by atoms with Gasteiger partial charge in [-0.25, -0.2) is 0 Å². The molecule has 144 valence electrons. The summed E-state index contributed by atoms with van der Waals surface area (Å²) in [5, 5.41) is 11.6. The number of piperidine rings is 1. The van der Waals surface area contributed by atoms with Crippen molar-refractivity contribution in [2.75, 3.05) is 26.7 Å². The fraction of sp³-hybridized carbons (Fsp3) is 0.409. The Labute approximate surface area is 165 Å². The smallest absolute Gasteiger partial charge is 0.163 e. The van der Waals surface area contributed by atoms with Crippen LogP contribution >= 0.6 is 11.6 Å². The minimum Gasteiger partial charge on any atom is -0.497 e. The van der Waals surface area contributed by atoms with Crippen molar-refractivity contribution in [1.82, 2.24) is 4.90 Å². The first-order valence-corrected chi connectivity index (χ1v) is 9.76. The third-order valence-corrected chi connectivity index (χ3v) is 5.59. The standard InChI is InChI=1S/C22H26ClNO3/c1-27-20-5-2-4-17(16-20)21(25)6-3-13-24-14-11-22(26,12-15-24)18-7-9-19(23)10-8-18/h2,4-5,7-10,16,26H,3,6,11-15H2,1H3. The number of carbonyl (C=O) groups is 1. The predicted molar refractivity (Wildman–Crippen MR) is 108 cm³/mol. The van der Waals surface area contributed by atoms with Gasteiger partial charge in [-0.15, -0.1) is 0 Å². The number of Topliss-reactive ketones (excluding diaryl/α,β-unsaturated/α-hetero) is 1. The highest BCUT2D eigenvalue weighted by molar-refractivity contribution is 6.30. The number of aliphatic hydroxyl groups is 1. The average molecular weight is 388 g/mol. The van der Waals surface area contributed by atoms with Crippen molar-refractivity contribution in [2.45, 2.75) is 31.3 Å². The number of nitrogens with zero attached hydrogens (tertiary/aromatic N) is 1. The van der Waals surface area contributed by atoms with E-state index in [1.165, 1.54) is 0 Å². The van der Waals surface area contributed by atoms with Crippen LogP contribution in [0, 0.1) is 0 Å². The highest BCUT2D eigenvalue weighted by Crippen LogP contribution is 2.33. The van der Waals surface area contributed by atoms with Crippen molar-refractivity contribution in [1.29, 1.82) is 0 Å². The van der Waals surface area contributed by atoms with Gasteiger partial charge in [-0.1, -0.05) is 35.9 Å². The molecule has 0 aliphatic carbocycles. The zero-order chi connectivity index (χ0) is 19.3. The molecule has 1 aliphatic rings. The van der Waals surface area contributed by atoms with Gasteiger partial charge in [0.15, 0.2) is 5.78 Å². The first kappa shape index (κ1) is 19.9. The third-order valence-electron chi connectivity index (χ3n) is 5.33.